The van der Waals surface area contributed by atoms with Crippen molar-refractivity contribution in [1.29, 1.82) is 0 Å². The van der Waals surface area contributed by atoms with Crippen LogP contribution in [0.15, 0.2) is 0 Å². The van der Waals surface area contributed by atoms with Gasteiger partial charge < -0.3 is 15.8 Å². The van der Waals surface area contributed by atoms with Crippen LogP contribution in [0.25, 0.3) is 0 Å². The zero-order valence-electron chi connectivity index (χ0n) is 7.75. The predicted octanol–water partition coefficient (Wildman–Crippen LogP) is -0.284. The summed E-state index contributed by atoms with van der Waals surface area (Å²) in [6.07, 6.45) is 7.35. The van der Waals surface area contributed by atoms with Gasteiger partial charge in [-0.15, -0.1) is 6.42 Å². The van der Waals surface area contributed by atoms with Crippen molar-refractivity contribution in [3.05, 3.63) is 0 Å². The summed E-state index contributed by atoms with van der Waals surface area (Å²) in [5.74, 6) is 2.62. The molecule has 3 N–H and O–H groups in total. The first-order valence-corrected chi connectivity index (χ1v) is 4.82. The third kappa shape index (κ3) is 1.35. The van der Waals surface area contributed by atoms with Gasteiger partial charge in [0.1, 0.15) is 6.10 Å². The van der Waals surface area contributed by atoms with Gasteiger partial charge in [-0.2, -0.15) is 0 Å². The maximum Gasteiger partial charge on any atom is 0.133 e. The molecule has 72 valence electrons. The van der Waals surface area contributed by atoms with Crippen molar-refractivity contribution >= 4 is 0 Å². The molecule has 2 aliphatic heterocycles. The molecule has 0 aromatic heterocycles. The standard InChI is InChI=1S/C10H16N2O/c1-2-8-9(11)10(7-13-8)3-5-12-6-4-10/h1,8-9,12H,3-7,11H2/t8-,9+/m0/s1. The molecule has 0 unspecified atom stereocenters. The van der Waals surface area contributed by atoms with Gasteiger partial charge in [-0.05, 0) is 25.9 Å². The Morgan fingerprint density at radius 2 is 2.15 bits per heavy atom. The molecule has 3 nitrogen and oxygen atoms in total. The quantitative estimate of drug-likeness (QED) is 0.504. The number of hydrogen-bond donors (Lipinski definition) is 2. The molecular formula is C10H16N2O. The summed E-state index contributed by atoms with van der Waals surface area (Å²) in [4.78, 5) is 0. The van der Waals surface area contributed by atoms with Gasteiger partial charge in [0.2, 0.25) is 0 Å². The smallest absolute Gasteiger partial charge is 0.133 e. The van der Waals surface area contributed by atoms with Crippen LogP contribution in [-0.2, 0) is 4.74 Å². The van der Waals surface area contributed by atoms with Gasteiger partial charge in [-0.3, -0.25) is 0 Å². The van der Waals surface area contributed by atoms with Crippen LogP contribution in [0.3, 0.4) is 0 Å². The number of ether oxygens (including phenoxy) is 1. The summed E-state index contributed by atoms with van der Waals surface area (Å²) in [7, 11) is 0. The molecular weight excluding hydrogens is 164 g/mol. The van der Waals surface area contributed by atoms with Crippen molar-refractivity contribution < 1.29 is 4.74 Å². The number of piperidine rings is 1. The van der Waals surface area contributed by atoms with E-state index < -0.39 is 0 Å². The maximum atomic E-state index is 6.10. The molecule has 13 heavy (non-hydrogen) atoms. The van der Waals surface area contributed by atoms with E-state index in [1.165, 1.54) is 0 Å². The Labute approximate surface area is 79.0 Å². The van der Waals surface area contributed by atoms with Crippen LogP contribution in [0.4, 0.5) is 0 Å². The average Bonchev–Trinajstić information content (AvgIpc) is 2.47. The van der Waals surface area contributed by atoms with Crippen molar-refractivity contribution in [2.45, 2.75) is 25.0 Å². The number of rotatable bonds is 0. The van der Waals surface area contributed by atoms with E-state index >= 15 is 0 Å². The molecule has 0 aromatic rings. The molecule has 0 saturated carbocycles. The molecule has 0 aliphatic carbocycles. The second-order valence-corrected chi connectivity index (χ2v) is 4.04. The maximum absolute atomic E-state index is 6.10. The van der Waals surface area contributed by atoms with E-state index in [0.29, 0.717) is 0 Å². The zero-order chi connectivity index (χ0) is 9.31. The second kappa shape index (κ2) is 3.30. The van der Waals surface area contributed by atoms with Crippen LogP contribution in [0.2, 0.25) is 0 Å². The monoisotopic (exact) mass is 180 g/mol. The second-order valence-electron chi connectivity index (χ2n) is 4.04. The highest BCUT2D eigenvalue weighted by Crippen LogP contribution is 2.39. The molecule has 2 heterocycles. The summed E-state index contributed by atoms with van der Waals surface area (Å²) in [5.41, 5.74) is 6.26. The fourth-order valence-corrected chi connectivity index (χ4v) is 2.33. The van der Waals surface area contributed by atoms with Gasteiger partial charge in [0.25, 0.3) is 0 Å². The summed E-state index contributed by atoms with van der Waals surface area (Å²) < 4.78 is 5.52. The summed E-state index contributed by atoms with van der Waals surface area (Å²) in [6.45, 7) is 2.81. The minimum absolute atomic E-state index is 0.0274. The first-order valence-electron chi connectivity index (χ1n) is 4.82. The molecule has 0 amide bonds. The van der Waals surface area contributed by atoms with Gasteiger partial charge in [-0.25, -0.2) is 0 Å². The van der Waals surface area contributed by atoms with E-state index in [0.717, 1.165) is 32.5 Å². The first-order chi connectivity index (χ1) is 6.28. The van der Waals surface area contributed by atoms with Gasteiger partial charge in [0.05, 0.1) is 12.6 Å². The molecule has 2 rings (SSSR count). The van der Waals surface area contributed by atoms with Gasteiger partial charge >= 0.3 is 0 Å². The minimum atomic E-state index is -0.168. The van der Waals surface area contributed by atoms with Crippen LogP contribution in [-0.4, -0.2) is 31.8 Å². The Morgan fingerprint density at radius 1 is 1.46 bits per heavy atom. The van der Waals surface area contributed by atoms with Gasteiger partial charge in [0, 0.05) is 5.41 Å². The summed E-state index contributed by atoms with van der Waals surface area (Å²) in [5, 5.41) is 3.33. The lowest BCUT2D eigenvalue weighted by molar-refractivity contribution is 0.109. The zero-order valence-corrected chi connectivity index (χ0v) is 7.75. The third-order valence-corrected chi connectivity index (χ3v) is 3.35. The minimum Gasteiger partial charge on any atom is -0.363 e. The Morgan fingerprint density at radius 3 is 2.69 bits per heavy atom. The SMILES string of the molecule is C#C[C@@H]1OCC2(CCNCC2)[C@@H]1N. The molecule has 1 spiro atoms. The largest absolute Gasteiger partial charge is 0.363 e. The average molecular weight is 180 g/mol. The molecule has 0 bridgehead atoms. The van der Waals surface area contributed by atoms with Crippen molar-refractivity contribution in [2.75, 3.05) is 19.7 Å². The van der Waals surface area contributed by atoms with Crippen LogP contribution in [0, 0.1) is 17.8 Å². The number of nitrogens with one attached hydrogen (secondary N) is 1. The van der Waals surface area contributed by atoms with Crippen LogP contribution >= 0.6 is 0 Å². The van der Waals surface area contributed by atoms with Crippen LogP contribution in [0.5, 0.6) is 0 Å². The number of hydrogen-bond acceptors (Lipinski definition) is 3. The lowest BCUT2D eigenvalue weighted by atomic mass is 9.74. The first kappa shape index (κ1) is 9.01. The summed E-state index contributed by atoms with van der Waals surface area (Å²) in [6, 6.07) is 0.0274. The molecule has 2 aliphatic rings. The highest BCUT2D eigenvalue weighted by molar-refractivity contribution is 5.11. The molecule has 0 aromatic carbocycles. The molecule has 2 fully saturated rings. The predicted molar refractivity (Wildman–Crippen MR) is 51.1 cm³/mol. The van der Waals surface area contributed by atoms with Crippen molar-refractivity contribution in [2.24, 2.45) is 11.1 Å². The van der Waals surface area contributed by atoms with Crippen LogP contribution in [0.1, 0.15) is 12.8 Å². The van der Waals surface area contributed by atoms with Crippen molar-refractivity contribution in [3.63, 3.8) is 0 Å². The summed E-state index contributed by atoms with van der Waals surface area (Å²) >= 11 is 0. The number of terminal acetylenes is 1. The highest BCUT2D eigenvalue weighted by Gasteiger charge is 2.47. The van der Waals surface area contributed by atoms with E-state index in [1.807, 2.05) is 0 Å². The highest BCUT2D eigenvalue weighted by atomic mass is 16.5. The van der Waals surface area contributed by atoms with Crippen LogP contribution < -0.4 is 11.1 Å². The van der Waals surface area contributed by atoms with Crippen molar-refractivity contribution in [1.82, 2.24) is 5.32 Å². The Balaban J connectivity index is 2.11. The molecule has 0 radical (unpaired) electrons. The Hall–Kier alpha value is -0.560. The molecule has 2 saturated heterocycles. The molecule has 3 heteroatoms. The normalized spacial score (nSPS) is 37.5. The van der Waals surface area contributed by atoms with E-state index in [2.05, 4.69) is 11.2 Å². The van der Waals surface area contributed by atoms with Gasteiger partial charge in [-0.1, -0.05) is 5.92 Å². The Kier molecular flexibility index (Phi) is 2.29. The number of nitrogens with two attached hydrogens (primary N) is 1. The Bertz CT molecular complexity index is 228. The molecule has 2 atom stereocenters. The van der Waals surface area contributed by atoms with Crippen molar-refractivity contribution in [3.8, 4) is 12.3 Å². The van der Waals surface area contributed by atoms with E-state index in [9.17, 15) is 0 Å². The third-order valence-electron chi connectivity index (χ3n) is 3.35. The lowest BCUT2D eigenvalue weighted by Crippen LogP contribution is -2.49. The fraction of sp³-hybridized carbons (Fsp3) is 0.800. The van der Waals surface area contributed by atoms with Gasteiger partial charge in [0.15, 0.2) is 0 Å². The van der Waals surface area contributed by atoms with E-state index in [1.54, 1.807) is 0 Å². The fourth-order valence-electron chi connectivity index (χ4n) is 2.33. The van der Waals surface area contributed by atoms with E-state index in [-0.39, 0.29) is 17.6 Å². The van der Waals surface area contributed by atoms with E-state index in [4.69, 9.17) is 16.9 Å². The lowest BCUT2D eigenvalue weighted by Gasteiger charge is -2.36. The topological polar surface area (TPSA) is 47.3 Å².